The van der Waals surface area contributed by atoms with E-state index in [9.17, 15) is 14.9 Å². The summed E-state index contributed by atoms with van der Waals surface area (Å²) in [5.74, 6) is -0.169. The van der Waals surface area contributed by atoms with E-state index in [1.54, 1.807) is 28.0 Å². The Morgan fingerprint density at radius 1 is 1.03 bits per heavy atom. The minimum absolute atomic E-state index is 0.169. The van der Waals surface area contributed by atoms with Gasteiger partial charge < -0.3 is 23.8 Å². The fourth-order valence-corrected chi connectivity index (χ4v) is 3.77. The molecular weight excluding hydrogens is 421 g/mol. The molecule has 33 heavy (non-hydrogen) atoms. The quantitative estimate of drug-likeness (QED) is 0.637. The van der Waals surface area contributed by atoms with Crippen molar-refractivity contribution in [1.29, 1.82) is 5.26 Å². The van der Waals surface area contributed by atoms with Gasteiger partial charge in [-0.2, -0.15) is 5.26 Å². The summed E-state index contributed by atoms with van der Waals surface area (Å²) in [5.41, 5.74) is -0.219. The zero-order valence-electron chi connectivity index (χ0n) is 20.7. The van der Waals surface area contributed by atoms with Crippen LogP contribution in [-0.4, -0.2) is 71.9 Å². The molecule has 2 amide bonds. The fourth-order valence-electron chi connectivity index (χ4n) is 3.77. The lowest BCUT2D eigenvalue weighted by Crippen LogP contribution is -2.41. The molecule has 0 aliphatic carbocycles. The first-order chi connectivity index (χ1) is 15.2. The Morgan fingerprint density at radius 2 is 1.61 bits per heavy atom. The predicted octanol–water partition coefficient (Wildman–Crippen LogP) is 2.94. The molecular formula is C24H34BN3O5. The van der Waals surface area contributed by atoms with Crippen LogP contribution in [0.15, 0.2) is 18.2 Å². The third kappa shape index (κ3) is 5.51. The van der Waals surface area contributed by atoms with Gasteiger partial charge in [-0.15, -0.1) is 0 Å². The topological polar surface area (TPSA) is 92.1 Å². The van der Waals surface area contributed by atoms with Gasteiger partial charge in [-0.1, -0.05) is 6.07 Å². The second-order valence-electron chi connectivity index (χ2n) is 10.6. The van der Waals surface area contributed by atoms with Gasteiger partial charge in [-0.05, 0) is 67.0 Å². The SMILES string of the molecule is CC(C)(C)OC(=O)N1CCCN(C(=O)c2ccc(B3OC(C)(C)C(C)(C)O3)c(C#N)c2)CC1. The van der Waals surface area contributed by atoms with Crippen molar-refractivity contribution in [2.75, 3.05) is 26.2 Å². The molecule has 178 valence electrons. The number of hydrogen-bond acceptors (Lipinski definition) is 6. The molecule has 2 heterocycles. The van der Waals surface area contributed by atoms with E-state index in [1.807, 2.05) is 48.5 Å². The van der Waals surface area contributed by atoms with Gasteiger partial charge in [-0.25, -0.2) is 4.79 Å². The molecule has 0 saturated carbocycles. The van der Waals surface area contributed by atoms with Crippen LogP contribution >= 0.6 is 0 Å². The summed E-state index contributed by atoms with van der Waals surface area (Å²) in [6.07, 6.45) is 0.289. The molecule has 0 spiro atoms. The lowest BCUT2D eigenvalue weighted by molar-refractivity contribution is 0.00578. The fraction of sp³-hybridized carbons (Fsp3) is 0.625. The van der Waals surface area contributed by atoms with Crippen LogP contribution in [0.2, 0.25) is 0 Å². The van der Waals surface area contributed by atoms with Gasteiger partial charge in [0.1, 0.15) is 5.60 Å². The number of ether oxygens (including phenoxy) is 1. The van der Waals surface area contributed by atoms with Crippen LogP contribution in [-0.2, 0) is 14.0 Å². The van der Waals surface area contributed by atoms with E-state index in [2.05, 4.69) is 6.07 Å². The molecule has 8 nitrogen and oxygen atoms in total. The lowest BCUT2D eigenvalue weighted by atomic mass is 9.75. The minimum Gasteiger partial charge on any atom is -0.444 e. The third-order valence-corrected chi connectivity index (χ3v) is 6.36. The molecule has 2 aliphatic rings. The van der Waals surface area contributed by atoms with Crippen molar-refractivity contribution < 1.29 is 23.6 Å². The first-order valence-corrected chi connectivity index (χ1v) is 11.4. The maximum atomic E-state index is 13.2. The van der Waals surface area contributed by atoms with Gasteiger partial charge in [0.2, 0.25) is 0 Å². The van der Waals surface area contributed by atoms with Gasteiger partial charge in [-0.3, -0.25) is 4.79 Å². The molecule has 0 unspecified atom stereocenters. The molecule has 0 bridgehead atoms. The average Bonchev–Trinajstić information content (AvgIpc) is 2.88. The number of rotatable bonds is 2. The molecule has 2 fully saturated rings. The standard InChI is InChI=1S/C24H34BN3O5/c1-22(2,3)31-21(30)28-12-8-11-27(13-14-28)20(29)17-9-10-19(18(15-17)16-26)25-32-23(4,5)24(6,7)33-25/h9-10,15H,8,11-14H2,1-7H3. The highest BCUT2D eigenvalue weighted by Crippen LogP contribution is 2.36. The highest BCUT2D eigenvalue weighted by Gasteiger charge is 2.52. The molecule has 0 aromatic heterocycles. The maximum Gasteiger partial charge on any atom is 0.496 e. The van der Waals surface area contributed by atoms with Crippen LogP contribution in [0.5, 0.6) is 0 Å². The number of nitrogens with zero attached hydrogens (tertiary/aromatic N) is 3. The minimum atomic E-state index is -0.672. The number of benzene rings is 1. The molecule has 3 rings (SSSR count). The number of nitriles is 1. The second-order valence-corrected chi connectivity index (χ2v) is 10.6. The van der Waals surface area contributed by atoms with E-state index >= 15 is 0 Å². The Hall–Kier alpha value is -2.57. The van der Waals surface area contributed by atoms with E-state index in [1.165, 1.54) is 0 Å². The maximum absolute atomic E-state index is 13.2. The van der Waals surface area contributed by atoms with Gasteiger partial charge >= 0.3 is 13.2 Å². The van der Waals surface area contributed by atoms with E-state index in [0.29, 0.717) is 49.2 Å². The van der Waals surface area contributed by atoms with Crippen LogP contribution in [0.3, 0.4) is 0 Å². The highest BCUT2D eigenvalue weighted by molar-refractivity contribution is 6.62. The Balaban J connectivity index is 1.72. The van der Waals surface area contributed by atoms with Crippen molar-refractivity contribution in [3.05, 3.63) is 29.3 Å². The van der Waals surface area contributed by atoms with Crippen molar-refractivity contribution in [3.8, 4) is 6.07 Å². The molecule has 9 heteroatoms. The van der Waals surface area contributed by atoms with Crippen molar-refractivity contribution in [3.63, 3.8) is 0 Å². The Labute approximate surface area is 196 Å². The Morgan fingerprint density at radius 3 is 2.18 bits per heavy atom. The first kappa shape index (κ1) is 25.1. The number of amides is 2. The van der Waals surface area contributed by atoms with Crippen LogP contribution in [0, 0.1) is 11.3 Å². The molecule has 0 radical (unpaired) electrons. The van der Waals surface area contributed by atoms with E-state index in [-0.39, 0.29) is 12.0 Å². The van der Waals surface area contributed by atoms with Crippen LogP contribution in [0.4, 0.5) is 4.79 Å². The molecule has 2 aliphatic heterocycles. The first-order valence-electron chi connectivity index (χ1n) is 11.4. The summed E-state index contributed by atoms with van der Waals surface area (Å²) in [4.78, 5) is 28.9. The number of carbonyl (C=O) groups is 2. The van der Waals surface area contributed by atoms with Gasteiger partial charge in [0, 0.05) is 37.2 Å². The highest BCUT2D eigenvalue weighted by atomic mass is 16.7. The normalized spacial score (nSPS) is 20.2. The van der Waals surface area contributed by atoms with E-state index < -0.39 is 23.9 Å². The van der Waals surface area contributed by atoms with Crippen LogP contribution in [0.25, 0.3) is 0 Å². The molecule has 1 aromatic carbocycles. The summed E-state index contributed by atoms with van der Waals surface area (Å²) in [6.45, 7) is 15.2. The summed E-state index contributed by atoms with van der Waals surface area (Å²) >= 11 is 0. The smallest absolute Gasteiger partial charge is 0.444 e. The van der Waals surface area contributed by atoms with Gasteiger partial charge in [0.15, 0.2) is 0 Å². The van der Waals surface area contributed by atoms with E-state index in [0.717, 1.165) is 0 Å². The predicted molar refractivity (Wildman–Crippen MR) is 125 cm³/mol. The molecule has 0 N–H and O–H groups in total. The lowest BCUT2D eigenvalue weighted by Gasteiger charge is -2.32. The number of hydrogen-bond donors (Lipinski definition) is 0. The summed E-state index contributed by atoms with van der Waals surface area (Å²) in [6, 6.07) is 7.22. The van der Waals surface area contributed by atoms with Gasteiger partial charge in [0.25, 0.3) is 5.91 Å². The third-order valence-electron chi connectivity index (χ3n) is 6.36. The zero-order valence-corrected chi connectivity index (χ0v) is 20.7. The zero-order chi connectivity index (χ0) is 24.6. The summed E-state index contributed by atoms with van der Waals surface area (Å²) in [7, 11) is -0.672. The molecule has 1 aromatic rings. The molecule has 0 atom stereocenters. The van der Waals surface area contributed by atoms with Crippen molar-refractivity contribution in [1.82, 2.24) is 9.80 Å². The Bertz CT molecular complexity index is 948. The second kappa shape index (κ2) is 9.00. The van der Waals surface area contributed by atoms with Gasteiger partial charge in [0.05, 0.1) is 22.8 Å². The average molecular weight is 455 g/mol. The summed E-state index contributed by atoms with van der Waals surface area (Å²) in [5, 5.41) is 9.75. The van der Waals surface area contributed by atoms with E-state index in [4.69, 9.17) is 14.0 Å². The molecule has 2 saturated heterocycles. The Kier molecular flexibility index (Phi) is 6.83. The van der Waals surface area contributed by atoms with Crippen molar-refractivity contribution in [2.45, 2.75) is 71.7 Å². The number of carbonyl (C=O) groups excluding carboxylic acids is 2. The van der Waals surface area contributed by atoms with Crippen LogP contribution < -0.4 is 5.46 Å². The van der Waals surface area contributed by atoms with Crippen molar-refractivity contribution >= 4 is 24.6 Å². The van der Waals surface area contributed by atoms with Crippen molar-refractivity contribution in [2.24, 2.45) is 0 Å². The largest absolute Gasteiger partial charge is 0.496 e. The summed E-state index contributed by atoms with van der Waals surface area (Å²) < 4.78 is 17.6. The van der Waals surface area contributed by atoms with Crippen LogP contribution in [0.1, 0.15) is 70.8 Å². The monoisotopic (exact) mass is 455 g/mol.